The summed E-state index contributed by atoms with van der Waals surface area (Å²) in [5, 5.41) is 0. The van der Waals surface area contributed by atoms with E-state index in [-0.39, 0.29) is 0 Å². The minimum absolute atomic E-state index is 0.925. The van der Waals surface area contributed by atoms with Crippen LogP contribution in [0.15, 0.2) is 59.5 Å². The van der Waals surface area contributed by atoms with Crippen molar-refractivity contribution in [2.45, 2.75) is 10.6 Å². The van der Waals surface area contributed by atoms with Crippen LogP contribution < -0.4 is 4.84 Å². The van der Waals surface area contributed by atoms with E-state index in [9.17, 15) is 0 Å². The summed E-state index contributed by atoms with van der Waals surface area (Å²) in [4.78, 5) is 3.92. The minimum Gasteiger partial charge on any atom is -0.299 e. The fraction of sp³-hybridized carbons (Fsp3) is 0.0769. The van der Waals surface area contributed by atoms with Crippen molar-refractivity contribution >= 4 is 29.2 Å². The number of anilines is 1. The zero-order valence-electron chi connectivity index (χ0n) is 8.69. The van der Waals surface area contributed by atoms with Crippen molar-refractivity contribution in [2.24, 2.45) is 0 Å². The van der Waals surface area contributed by atoms with Crippen LogP contribution in [0.2, 0.25) is 0 Å². The van der Waals surface area contributed by atoms with Crippen LogP contribution in [0.1, 0.15) is 5.56 Å². The van der Waals surface area contributed by atoms with Crippen LogP contribution in [0.25, 0.3) is 0 Å². The second-order valence-corrected chi connectivity index (χ2v) is 4.63. The number of thioether (sulfide) groups is 1. The highest BCUT2D eigenvalue weighted by molar-refractivity contribution is 7.98. The maximum absolute atomic E-state index is 5.28. The summed E-state index contributed by atoms with van der Waals surface area (Å²) >= 11 is 7.20. The first-order chi connectivity index (χ1) is 7.88. The van der Waals surface area contributed by atoms with Gasteiger partial charge in [0, 0.05) is 28.1 Å². The number of nitrogens with one attached hydrogen (secondary N) is 1. The maximum atomic E-state index is 5.28. The number of hydrogen-bond acceptors (Lipinski definition) is 2. The molecule has 1 nitrogen and oxygen atoms in total. The summed E-state index contributed by atoms with van der Waals surface area (Å²) in [5.41, 5.74) is 2.39. The number of benzene rings is 2. The molecule has 1 aliphatic heterocycles. The van der Waals surface area contributed by atoms with Crippen LogP contribution >= 0.6 is 23.5 Å². The SMILES string of the molecule is ClNc1ccccc1.c1cc2cc(c1)SC2. The Kier molecular flexibility index (Phi) is 4.14. The number of rotatable bonds is 1. The molecule has 1 heterocycles. The van der Waals surface area contributed by atoms with Crippen molar-refractivity contribution in [2.75, 3.05) is 4.84 Å². The molecule has 0 aromatic heterocycles. The Morgan fingerprint density at radius 3 is 2.38 bits per heavy atom. The average molecular weight is 250 g/mol. The normalized spacial score (nSPS) is 11.6. The Hall–Kier alpha value is -1.12. The molecule has 3 rings (SSSR count). The van der Waals surface area contributed by atoms with Crippen molar-refractivity contribution in [3.05, 3.63) is 60.2 Å². The lowest BCUT2D eigenvalue weighted by molar-refractivity contribution is 1.41. The Morgan fingerprint density at radius 2 is 1.81 bits per heavy atom. The topological polar surface area (TPSA) is 12.0 Å². The molecule has 2 aromatic rings. The van der Waals surface area contributed by atoms with Gasteiger partial charge in [0.05, 0.1) is 0 Å². The van der Waals surface area contributed by atoms with Crippen molar-refractivity contribution in [3.8, 4) is 0 Å². The Morgan fingerprint density at radius 1 is 1.00 bits per heavy atom. The van der Waals surface area contributed by atoms with Gasteiger partial charge in [-0.25, -0.2) is 0 Å². The molecule has 2 aromatic carbocycles. The Bertz CT molecular complexity index is 424. The van der Waals surface area contributed by atoms with E-state index in [0.29, 0.717) is 0 Å². The van der Waals surface area contributed by atoms with Crippen molar-refractivity contribution in [1.82, 2.24) is 0 Å². The summed E-state index contributed by atoms with van der Waals surface area (Å²) in [7, 11) is 0. The van der Waals surface area contributed by atoms with E-state index in [0.717, 1.165) is 5.69 Å². The molecule has 0 aliphatic carbocycles. The predicted octanol–water partition coefficient (Wildman–Crippen LogP) is 4.54. The zero-order chi connectivity index (χ0) is 11.2. The summed E-state index contributed by atoms with van der Waals surface area (Å²) in [6.07, 6.45) is 0. The van der Waals surface area contributed by atoms with E-state index in [2.05, 4.69) is 29.1 Å². The second kappa shape index (κ2) is 5.83. The van der Waals surface area contributed by atoms with Crippen LogP contribution in [0.4, 0.5) is 5.69 Å². The van der Waals surface area contributed by atoms with Crippen molar-refractivity contribution < 1.29 is 0 Å². The monoisotopic (exact) mass is 249 g/mol. The minimum atomic E-state index is 0.925. The standard InChI is InChI=1S/C7H6S.C6H6ClN/c1-2-6-4-7(3-1)8-5-6;7-8-6-4-2-1-3-5-6/h1-4H,5H2;1-5,8H. The molecule has 0 saturated carbocycles. The van der Waals surface area contributed by atoms with Crippen LogP contribution in [-0.4, -0.2) is 0 Å². The molecule has 1 aliphatic rings. The van der Waals surface area contributed by atoms with Crippen LogP contribution in [-0.2, 0) is 5.75 Å². The van der Waals surface area contributed by atoms with Gasteiger partial charge < -0.3 is 0 Å². The molecule has 0 amide bonds. The quantitative estimate of drug-likeness (QED) is 0.745. The van der Waals surface area contributed by atoms with E-state index in [1.54, 1.807) is 0 Å². The van der Waals surface area contributed by atoms with E-state index in [1.165, 1.54) is 16.2 Å². The number of halogens is 1. The molecule has 0 fully saturated rings. The third kappa shape index (κ3) is 3.19. The van der Waals surface area contributed by atoms with E-state index in [4.69, 9.17) is 11.8 Å². The first kappa shape index (κ1) is 11.4. The number of fused-ring (bicyclic) bond motifs is 2. The summed E-state index contributed by atoms with van der Waals surface area (Å²) < 4.78 is 0. The molecule has 0 spiro atoms. The highest BCUT2D eigenvalue weighted by Crippen LogP contribution is 2.30. The molecule has 16 heavy (non-hydrogen) atoms. The van der Waals surface area contributed by atoms with E-state index >= 15 is 0 Å². The first-order valence-electron chi connectivity index (χ1n) is 5.02. The maximum Gasteiger partial charge on any atom is 0.0491 e. The molecule has 0 radical (unpaired) electrons. The molecular formula is C13H12ClNS. The molecule has 82 valence electrons. The van der Waals surface area contributed by atoms with Gasteiger partial charge in [0.2, 0.25) is 0 Å². The molecule has 3 heteroatoms. The average Bonchev–Trinajstić information content (AvgIpc) is 2.70. The molecule has 0 unspecified atom stereocenters. The highest BCUT2D eigenvalue weighted by Gasteiger charge is 2.03. The van der Waals surface area contributed by atoms with Gasteiger partial charge in [0.1, 0.15) is 0 Å². The first-order valence-corrected chi connectivity index (χ1v) is 6.38. The third-order valence-electron chi connectivity index (χ3n) is 2.19. The molecule has 2 bridgehead atoms. The van der Waals surface area contributed by atoms with Crippen LogP contribution in [0, 0.1) is 0 Å². The lowest BCUT2D eigenvalue weighted by Gasteiger charge is -1.91. The van der Waals surface area contributed by atoms with Gasteiger partial charge in [-0.1, -0.05) is 30.3 Å². The predicted molar refractivity (Wildman–Crippen MR) is 71.9 cm³/mol. The van der Waals surface area contributed by atoms with Gasteiger partial charge in [-0.3, -0.25) is 4.84 Å². The van der Waals surface area contributed by atoms with E-state index < -0.39 is 0 Å². The van der Waals surface area contributed by atoms with Crippen LogP contribution in [0.5, 0.6) is 0 Å². The zero-order valence-corrected chi connectivity index (χ0v) is 10.3. The Labute approximate surface area is 105 Å². The molecular weight excluding hydrogens is 238 g/mol. The summed E-state index contributed by atoms with van der Waals surface area (Å²) in [6.45, 7) is 0. The van der Waals surface area contributed by atoms with Gasteiger partial charge in [-0.05, 0) is 29.8 Å². The fourth-order valence-electron chi connectivity index (χ4n) is 1.39. The third-order valence-corrected chi connectivity index (χ3v) is 3.47. The molecule has 0 atom stereocenters. The largest absolute Gasteiger partial charge is 0.299 e. The van der Waals surface area contributed by atoms with Gasteiger partial charge in [-0.2, -0.15) is 0 Å². The smallest absolute Gasteiger partial charge is 0.0491 e. The second-order valence-electron chi connectivity index (χ2n) is 3.40. The van der Waals surface area contributed by atoms with Gasteiger partial charge >= 0.3 is 0 Å². The molecule has 1 N–H and O–H groups in total. The highest BCUT2D eigenvalue weighted by atomic mass is 35.5. The number of para-hydroxylation sites is 1. The lowest BCUT2D eigenvalue weighted by atomic mass is 10.2. The van der Waals surface area contributed by atoms with Crippen molar-refractivity contribution in [1.29, 1.82) is 0 Å². The van der Waals surface area contributed by atoms with Crippen LogP contribution in [0.3, 0.4) is 0 Å². The molecule has 0 saturated heterocycles. The van der Waals surface area contributed by atoms with Gasteiger partial charge in [0.15, 0.2) is 0 Å². The number of hydrogen-bond donors (Lipinski definition) is 1. The van der Waals surface area contributed by atoms with Gasteiger partial charge in [-0.15, -0.1) is 11.8 Å². The summed E-state index contributed by atoms with van der Waals surface area (Å²) in [6, 6.07) is 18.3. The Balaban J connectivity index is 0.000000120. The van der Waals surface area contributed by atoms with Crippen molar-refractivity contribution in [3.63, 3.8) is 0 Å². The summed E-state index contributed by atoms with van der Waals surface area (Å²) in [5.74, 6) is 1.18. The van der Waals surface area contributed by atoms with E-state index in [1.807, 2.05) is 42.1 Å². The van der Waals surface area contributed by atoms with Gasteiger partial charge in [0.25, 0.3) is 0 Å². The fourth-order valence-corrected chi connectivity index (χ4v) is 2.44. The lowest BCUT2D eigenvalue weighted by Crippen LogP contribution is -1.75.